The highest BCUT2D eigenvalue weighted by Crippen LogP contribution is 2.32. The van der Waals surface area contributed by atoms with Crippen LogP contribution in [0, 0.1) is 5.92 Å². The van der Waals surface area contributed by atoms with Crippen molar-refractivity contribution in [2.45, 2.75) is 32.5 Å². The molecule has 0 saturated carbocycles. The van der Waals surface area contributed by atoms with Crippen LogP contribution < -0.4 is 11.1 Å². The first-order chi connectivity index (χ1) is 13.5. The van der Waals surface area contributed by atoms with Crippen molar-refractivity contribution in [3.8, 4) is 0 Å². The van der Waals surface area contributed by atoms with E-state index in [4.69, 9.17) is 15.2 Å². The molecule has 11 heteroatoms. The predicted molar refractivity (Wildman–Crippen MR) is 93.3 cm³/mol. The lowest BCUT2D eigenvalue weighted by Crippen LogP contribution is -2.52. The Balaban J connectivity index is 3.23. The molecule has 0 radical (unpaired) electrons. The van der Waals surface area contributed by atoms with Crippen LogP contribution in [0.3, 0.4) is 0 Å². The number of benzene rings is 1. The number of amides is 2. The van der Waals surface area contributed by atoms with E-state index in [2.05, 4.69) is 0 Å². The Bertz CT molecular complexity index is 766. The SMILES string of the molecule is CCOC(=O)C[C@@H](C(=O)OCC)[C@@H](NC(=O)c1ccccc1C(F)(F)F)C(N)=O. The third kappa shape index (κ3) is 6.77. The molecule has 2 amide bonds. The zero-order valence-corrected chi connectivity index (χ0v) is 15.7. The molecule has 0 aliphatic rings. The number of carbonyl (C=O) groups is 4. The summed E-state index contributed by atoms with van der Waals surface area (Å²) in [6, 6.07) is 2.08. The van der Waals surface area contributed by atoms with Gasteiger partial charge >= 0.3 is 18.1 Å². The van der Waals surface area contributed by atoms with Gasteiger partial charge in [-0.15, -0.1) is 0 Å². The molecule has 8 nitrogen and oxygen atoms in total. The summed E-state index contributed by atoms with van der Waals surface area (Å²) >= 11 is 0. The van der Waals surface area contributed by atoms with Crippen LogP contribution in [-0.2, 0) is 30.0 Å². The monoisotopic (exact) mass is 418 g/mol. The van der Waals surface area contributed by atoms with Gasteiger partial charge in [0, 0.05) is 0 Å². The van der Waals surface area contributed by atoms with E-state index in [1.165, 1.54) is 19.9 Å². The molecule has 0 heterocycles. The van der Waals surface area contributed by atoms with E-state index in [1.54, 1.807) is 0 Å². The van der Waals surface area contributed by atoms with E-state index < -0.39 is 59.4 Å². The van der Waals surface area contributed by atoms with Crippen LogP contribution in [0.1, 0.15) is 36.2 Å². The minimum Gasteiger partial charge on any atom is -0.466 e. The first kappa shape index (κ1) is 23.9. The number of nitrogens with one attached hydrogen (secondary N) is 1. The fourth-order valence-corrected chi connectivity index (χ4v) is 2.50. The maximum Gasteiger partial charge on any atom is 0.417 e. The number of halogens is 3. The molecule has 0 unspecified atom stereocenters. The van der Waals surface area contributed by atoms with Gasteiger partial charge in [-0.05, 0) is 26.0 Å². The Morgan fingerprint density at radius 3 is 2.17 bits per heavy atom. The molecular weight excluding hydrogens is 397 g/mol. The summed E-state index contributed by atoms with van der Waals surface area (Å²) in [6.07, 6.45) is -5.50. The van der Waals surface area contributed by atoms with Gasteiger partial charge in [0.25, 0.3) is 5.91 Å². The van der Waals surface area contributed by atoms with Gasteiger partial charge in [0.05, 0.1) is 36.7 Å². The van der Waals surface area contributed by atoms with Crippen LogP contribution in [-0.4, -0.2) is 43.0 Å². The molecule has 1 aromatic carbocycles. The Morgan fingerprint density at radius 2 is 1.66 bits per heavy atom. The van der Waals surface area contributed by atoms with Crippen molar-refractivity contribution < 1.29 is 41.8 Å². The Labute approximate surface area is 164 Å². The minimum absolute atomic E-state index is 0.0130. The standard InChI is InChI=1S/C18H21F3N2O6/c1-3-28-13(24)9-11(17(27)29-4-2)14(15(22)25)23-16(26)10-7-5-6-8-12(10)18(19,20)21/h5-8,11,14H,3-4,9H2,1-2H3,(H2,22,25)(H,23,26)/t11-,14-/m1/s1. The van der Waals surface area contributed by atoms with Crippen LogP contribution in [0.5, 0.6) is 0 Å². The number of esters is 2. The summed E-state index contributed by atoms with van der Waals surface area (Å²) in [4.78, 5) is 48.3. The number of hydrogen-bond acceptors (Lipinski definition) is 6. The first-order valence-corrected chi connectivity index (χ1v) is 8.61. The highest BCUT2D eigenvalue weighted by molar-refractivity contribution is 6.00. The van der Waals surface area contributed by atoms with Crippen molar-refractivity contribution in [1.29, 1.82) is 0 Å². The summed E-state index contributed by atoms with van der Waals surface area (Å²) in [5, 5.41) is 2.01. The van der Waals surface area contributed by atoms with Gasteiger partial charge in [-0.1, -0.05) is 12.1 Å². The second-order valence-electron chi connectivity index (χ2n) is 5.76. The van der Waals surface area contributed by atoms with E-state index in [1.807, 2.05) is 5.32 Å². The molecule has 0 saturated heterocycles. The zero-order chi connectivity index (χ0) is 22.2. The molecule has 0 spiro atoms. The van der Waals surface area contributed by atoms with Crippen molar-refractivity contribution in [3.05, 3.63) is 35.4 Å². The molecule has 0 fully saturated rings. The van der Waals surface area contributed by atoms with Crippen LogP contribution in [0.4, 0.5) is 13.2 Å². The van der Waals surface area contributed by atoms with Crippen LogP contribution in [0.25, 0.3) is 0 Å². The number of primary amides is 1. The Hall–Kier alpha value is -3.11. The average molecular weight is 418 g/mol. The fourth-order valence-electron chi connectivity index (χ4n) is 2.50. The summed E-state index contributed by atoms with van der Waals surface area (Å²) in [5.74, 6) is -6.01. The van der Waals surface area contributed by atoms with Crippen molar-refractivity contribution in [3.63, 3.8) is 0 Å². The summed E-state index contributed by atoms with van der Waals surface area (Å²) in [7, 11) is 0. The van der Waals surface area contributed by atoms with Crippen molar-refractivity contribution in [2.75, 3.05) is 13.2 Å². The fraction of sp³-hybridized carbons (Fsp3) is 0.444. The van der Waals surface area contributed by atoms with Gasteiger partial charge in [-0.3, -0.25) is 19.2 Å². The lowest BCUT2D eigenvalue weighted by molar-refractivity contribution is -0.156. The van der Waals surface area contributed by atoms with Crippen molar-refractivity contribution in [2.24, 2.45) is 11.7 Å². The molecule has 29 heavy (non-hydrogen) atoms. The number of rotatable bonds is 9. The summed E-state index contributed by atoms with van der Waals surface area (Å²) in [6.45, 7) is 2.87. The second-order valence-corrected chi connectivity index (χ2v) is 5.76. The number of alkyl halides is 3. The van der Waals surface area contributed by atoms with E-state index in [9.17, 15) is 32.3 Å². The van der Waals surface area contributed by atoms with Gasteiger partial charge in [0.2, 0.25) is 5.91 Å². The smallest absolute Gasteiger partial charge is 0.417 e. The second kappa shape index (κ2) is 10.4. The largest absolute Gasteiger partial charge is 0.466 e. The van der Waals surface area contributed by atoms with Gasteiger partial charge in [-0.2, -0.15) is 13.2 Å². The molecule has 0 bridgehead atoms. The molecule has 1 aromatic rings. The first-order valence-electron chi connectivity index (χ1n) is 8.61. The van der Waals surface area contributed by atoms with Crippen LogP contribution in [0.15, 0.2) is 24.3 Å². The third-order valence-electron chi connectivity index (χ3n) is 3.75. The Kier molecular flexibility index (Phi) is 8.61. The van der Waals surface area contributed by atoms with Gasteiger partial charge in [0.15, 0.2) is 0 Å². The van der Waals surface area contributed by atoms with E-state index in [0.29, 0.717) is 6.07 Å². The Morgan fingerprint density at radius 1 is 1.07 bits per heavy atom. The molecule has 2 atom stereocenters. The van der Waals surface area contributed by atoms with Gasteiger partial charge in [0.1, 0.15) is 6.04 Å². The van der Waals surface area contributed by atoms with Crippen LogP contribution in [0.2, 0.25) is 0 Å². The lowest BCUT2D eigenvalue weighted by Gasteiger charge is -2.24. The summed E-state index contributed by atoms with van der Waals surface area (Å²) < 4.78 is 48.9. The normalized spacial score (nSPS) is 13.1. The molecule has 0 aromatic heterocycles. The zero-order valence-electron chi connectivity index (χ0n) is 15.7. The lowest BCUT2D eigenvalue weighted by atomic mass is 9.94. The minimum atomic E-state index is -4.83. The molecular formula is C18H21F3N2O6. The van der Waals surface area contributed by atoms with Crippen LogP contribution >= 0.6 is 0 Å². The molecule has 0 aliphatic heterocycles. The number of hydrogen-bond donors (Lipinski definition) is 2. The maximum atomic E-state index is 13.1. The molecule has 3 N–H and O–H groups in total. The molecule has 160 valence electrons. The number of ether oxygens (including phenoxy) is 2. The van der Waals surface area contributed by atoms with Crippen molar-refractivity contribution >= 4 is 23.8 Å². The maximum absolute atomic E-state index is 13.1. The molecule has 0 aliphatic carbocycles. The quantitative estimate of drug-likeness (QED) is 0.585. The van der Waals surface area contributed by atoms with E-state index in [0.717, 1.165) is 12.1 Å². The van der Waals surface area contributed by atoms with Gasteiger partial charge < -0.3 is 20.5 Å². The van der Waals surface area contributed by atoms with Crippen molar-refractivity contribution in [1.82, 2.24) is 5.32 Å². The van der Waals surface area contributed by atoms with E-state index >= 15 is 0 Å². The topological polar surface area (TPSA) is 125 Å². The highest BCUT2D eigenvalue weighted by atomic mass is 19.4. The highest BCUT2D eigenvalue weighted by Gasteiger charge is 2.39. The predicted octanol–water partition coefficient (Wildman–Crippen LogP) is 1.42. The number of nitrogens with two attached hydrogens (primary N) is 1. The van der Waals surface area contributed by atoms with Gasteiger partial charge in [-0.25, -0.2) is 0 Å². The number of carbonyl (C=O) groups excluding carboxylic acids is 4. The van der Waals surface area contributed by atoms with E-state index in [-0.39, 0.29) is 13.2 Å². The average Bonchev–Trinajstić information content (AvgIpc) is 2.63. The summed E-state index contributed by atoms with van der Waals surface area (Å²) in [5.41, 5.74) is 3.23. The third-order valence-corrected chi connectivity index (χ3v) is 3.75. The molecule has 1 rings (SSSR count).